The highest BCUT2D eigenvalue weighted by Gasteiger charge is 2.51. The number of ether oxygens (including phenoxy) is 6. The largest absolute Gasteiger partial charge is 0.463 e. The average Bonchev–Trinajstić information content (AvgIpc) is 3.05. The maximum absolute atomic E-state index is 11.2. The van der Waals surface area contributed by atoms with E-state index < -0.39 is 86.7 Å². The van der Waals surface area contributed by atoms with Crippen LogP contribution in [-0.2, 0) is 33.2 Å². The summed E-state index contributed by atoms with van der Waals surface area (Å²) in [4.78, 5) is 11.2. The van der Waals surface area contributed by atoms with E-state index in [0.29, 0.717) is 6.61 Å². The fourth-order valence-electron chi connectivity index (χ4n) is 5.74. The fourth-order valence-corrected chi connectivity index (χ4v) is 5.74. The van der Waals surface area contributed by atoms with Gasteiger partial charge in [0.1, 0.15) is 61.5 Å². The molecule has 2 saturated heterocycles. The number of hydrogen-bond donors (Lipinski definition) is 7. The zero-order valence-corrected chi connectivity index (χ0v) is 28.3. The van der Waals surface area contributed by atoms with E-state index >= 15 is 0 Å². The number of hydrogen-bond acceptors (Lipinski definition) is 14. The van der Waals surface area contributed by atoms with Crippen LogP contribution in [0.15, 0.2) is 0 Å². The summed E-state index contributed by atoms with van der Waals surface area (Å²) in [6.07, 6.45) is 0.911. The molecule has 7 N–H and O–H groups in total. The van der Waals surface area contributed by atoms with Gasteiger partial charge in [-0.15, -0.1) is 0 Å². The molecule has 0 bridgehead atoms. The second-order valence-corrected chi connectivity index (χ2v) is 12.8. The Morgan fingerprint density at radius 1 is 0.681 bits per heavy atom. The normalized spacial score (nSPS) is 31.9. The molecule has 0 aliphatic carbocycles. The van der Waals surface area contributed by atoms with E-state index in [9.17, 15) is 40.5 Å². The van der Waals surface area contributed by atoms with Crippen molar-refractivity contribution in [2.75, 3.05) is 33.0 Å². The van der Waals surface area contributed by atoms with Crippen molar-refractivity contribution in [2.24, 2.45) is 0 Å². The molecule has 2 aliphatic heterocycles. The summed E-state index contributed by atoms with van der Waals surface area (Å²) in [6.45, 7) is 2.45. The molecule has 2 rings (SSSR count). The highest BCUT2D eigenvalue weighted by molar-refractivity contribution is 5.65. The lowest BCUT2D eigenvalue weighted by molar-refractivity contribution is -0.361. The van der Waals surface area contributed by atoms with Gasteiger partial charge in [-0.25, -0.2) is 0 Å². The van der Waals surface area contributed by atoms with Crippen LogP contribution in [0.1, 0.15) is 104 Å². The minimum absolute atomic E-state index is 0.000709. The molecule has 11 unspecified atom stereocenters. The SMILES string of the molecule is CCCCCCCCCCCCCCCCOCC(O)COC1OC(CO)C(O)C(OC2OC(COC(C)=O)C(O)C(O)C2O)C1O. The molecule has 14 heteroatoms. The second-order valence-electron chi connectivity index (χ2n) is 12.8. The zero-order valence-electron chi connectivity index (χ0n) is 28.3. The Kier molecular flexibility index (Phi) is 21.7. The van der Waals surface area contributed by atoms with Gasteiger partial charge in [0.2, 0.25) is 0 Å². The van der Waals surface area contributed by atoms with Crippen LogP contribution in [0.2, 0.25) is 0 Å². The van der Waals surface area contributed by atoms with Crippen LogP contribution in [0.3, 0.4) is 0 Å². The molecule has 0 aromatic rings. The lowest BCUT2D eigenvalue weighted by Crippen LogP contribution is -2.65. The van der Waals surface area contributed by atoms with E-state index in [1.807, 2.05) is 0 Å². The number of rotatable bonds is 25. The minimum atomic E-state index is -1.80. The van der Waals surface area contributed by atoms with Crippen LogP contribution in [0.5, 0.6) is 0 Å². The highest BCUT2D eigenvalue weighted by Crippen LogP contribution is 2.30. The number of carbonyl (C=O) groups is 1. The molecule has 2 fully saturated rings. The molecule has 47 heavy (non-hydrogen) atoms. The second kappa shape index (κ2) is 24.2. The molecular weight excluding hydrogens is 620 g/mol. The third-order valence-corrected chi connectivity index (χ3v) is 8.64. The van der Waals surface area contributed by atoms with Gasteiger partial charge in [0.25, 0.3) is 0 Å². The first-order valence-electron chi connectivity index (χ1n) is 17.6. The van der Waals surface area contributed by atoms with Crippen molar-refractivity contribution in [3.8, 4) is 0 Å². The number of aliphatic hydroxyl groups excluding tert-OH is 7. The number of carbonyl (C=O) groups excluding carboxylic acids is 1. The van der Waals surface area contributed by atoms with Crippen LogP contribution in [0.25, 0.3) is 0 Å². The molecular formula is C33H62O14. The molecule has 0 aromatic heterocycles. The molecule has 11 atom stereocenters. The topological polar surface area (TPSA) is 214 Å². The summed E-state index contributed by atoms with van der Waals surface area (Å²) in [5, 5.41) is 72.5. The maximum atomic E-state index is 11.2. The summed E-state index contributed by atoms with van der Waals surface area (Å²) in [5.74, 6) is -0.665. The first kappa shape index (κ1) is 42.2. The lowest BCUT2D eigenvalue weighted by Gasteiger charge is -2.46. The van der Waals surface area contributed by atoms with E-state index in [2.05, 4.69) is 6.92 Å². The van der Waals surface area contributed by atoms with Crippen LogP contribution in [0.4, 0.5) is 0 Å². The Morgan fingerprint density at radius 2 is 1.23 bits per heavy atom. The van der Waals surface area contributed by atoms with E-state index in [1.54, 1.807) is 0 Å². The average molecular weight is 683 g/mol. The van der Waals surface area contributed by atoms with Crippen LogP contribution < -0.4 is 0 Å². The number of esters is 1. The highest BCUT2D eigenvalue weighted by atomic mass is 16.7. The van der Waals surface area contributed by atoms with Crippen LogP contribution >= 0.6 is 0 Å². The molecule has 0 amide bonds. The summed E-state index contributed by atoms with van der Waals surface area (Å²) in [7, 11) is 0. The van der Waals surface area contributed by atoms with Crippen molar-refractivity contribution in [1.29, 1.82) is 0 Å². The van der Waals surface area contributed by atoms with E-state index in [-0.39, 0.29) is 13.2 Å². The maximum Gasteiger partial charge on any atom is 0.302 e. The number of unbranched alkanes of at least 4 members (excludes halogenated alkanes) is 13. The summed E-state index contributed by atoms with van der Waals surface area (Å²) in [5.41, 5.74) is 0. The monoisotopic (exact) mass is 682 g/mol. The zero-order chi connectivity index (χ0) is 34.6. The summed E-state index contributed by atoms with van der Waals surface area (Å²) < 4.78 is 32.5. The van der Waals surface area contributed by atoms with Gasteiger partial charge in [-0.1, -0.05) is 90.4 Å². The molecule has 14 nitrogen and oxygen atoms in total. The van der Waals surface area contributed by atoms with Gasteiger partial charge in [-0.05, 0) is 6.42 Å². The van der Waals surface area contributed by atoms with E-state index in [1.165, 1.54) is 70.6 Å². The fraction of sp³-hybridized carbons (Fsp3) is 0.970. The Balaban J connectivity index is 1.66. The van der Waals surface area contributed by atoms with Gasteiger partial charge in [-0.3, -0.25) is 4.79 Å². The van der Waals surface area contributed by atoms with Gasteiger partial charge in [-0.2, -0.15) is 0 Å². The molecule has 278 valence electrons. The first-order valence-corrected chi connectivity index (χ1v) is 17.6. The molecule has 0 radical (unpaired) electrons. The Hall–Kier alpha value is -1.01. The third kappa shape index (κ3) is 15.6. The molecule has 2 heterocycles. The molecule has 0 saturated carbocycles. The lowest BCUT2D eigenvalue weighted by atomic mass is 9.97. The number of aliphatic hydroxyl groups is 7. The third-order valence-electron chi connectivity index (χ3n) is 8.64. The van der Waals surface area contributed by atoms with Gasteiger partial charge >= 0.3 is 5.97 Å². The van der Waals surface area contributed by atoms with Crippen molar-refractivity contribution in [3.05, 3.63) is 0 Å². The molecule has 0 spiro atoms. The Bertz CT molecular complexity index is 805. The Morgan fingerprint density at radius 3 is 1.79 bits per heavy atom. The standard InChI is InChI=1S/C33H62O14/c1-3-4-5-6-7-8-9-10-11-12-13-14-15-16-17-42-19-23(36)20-44-32-30(41)31(27(38)24(18-34)45-32)47-33-29(40)28(39)26(37)25(46-33)21-43-22(2)35/h23-34,36-41H,3-21H2,1-2H3. The van der Waals surface area contributed by atoms with Gasteiger partial charge in [0.05, 0.1) is 19.8 Å². The summed E-state index contributed by atoms with van der Waals surface area (Å²) >= 11 is 0. The van der Waals surface area contributed by atoms with Crippen LogP contribution in [-0.4, -0.2) is 142 Å². The predicted octanol–water partition coefficient (Wildman–Crippen LogP) is 1.06. The summed E-state index contributed by atoms with van der Waals surface area (Å²) in [6, 6.07) is 0. The smallest absolute Gasteiger partial charge is 0.302 e. The van der Waals surface area contributed by atoms with Gasteiger partial charge in [0, 0.05) is 13.5 Å². The van der Waals surface area contributed by atoms with Gasteiger partial charge < -0.3 is 64.2 Å². The van der Waals surface area contributed by atoms with E-state index in [0.717, 1.165) is 26.2 Å². The van der Waals surface area contributed by atoms with Crippen molar-refractivity contribution >= 4 is 5.97 Å². The van der Waals surface area contributed by atoms with E-state index in [4.69, 9.17) is 28.4 Å². The van der Waals surface area contributed by atoms with Crippen molar-refractivity contribution in [1.82, 2.24) is 0 Å². The van der Waals surface area contributed by atoms with Crippen molar-refractivity contribution < 1.29 is 69.0 Å². The molecule has 0 aromatic carbocycles. The predicted molar refractivity (Wildman–Crippen MR) is 169 cm³/mol. The quantitative estimate of drug-likeness (QED) is 0.0530. The molecule has 2 aliphatic rings. The van der Waals surface area contributed by atoms with Crippen molar-refractivity contribution in [2.45, 2.75) is 171 Å². The Labute approximate surface area is 279 Å². The first-order chi connectivity index (χ1) is 22.6. The minimum Gasteiger partial charge on any atom is -0.463 e. The van der Waals surface area contributed by atoms with Crippen LogP contribution in [0, 0.1) is 0 Å². The van der Waals surface area contributed by atoms with Gasteiger partial charge in [0.15, 0.2) is 12.6 Å². The van der Waals surface area contributed by atoms with Crippen molar-refractivity contribution in [3.63, 3.8) is 0 Å².